The summed E-state index contributed by atoms with van der Waals surface area (Å²) in [4.78, 5) is 21.6. The van der Waals surface area contributed by atoms with Gasteiger partial charge in [0, 0.05) is 29.9 Å². The Kier molecular flexibility index (Phi) is 6.36. The number of hydrogen-bond donors (Lipinski definition) is 2. The van der Waals surface area contributed by atoms with Crippen molar-refractivity contribution in [3.05, 3.63) is 28.5 Å². The Balaban J connectivity index is 1.87. The lowest BCUT2D eigenvalue weighted by molar-refractivity contribution is 0.0937. The molecule has 0 radical (unpaired) electrons. The smallest absolute Gasteiger partial charge is 0.280 e. The van der Waals surface area contributed by atoms with E-state index >= 15 is 0 Å². The molecule has 0 aliphatic heterocycles. The average Bonchev–Trinajstić information content (AvgIpc) is 3.29. The third kappa shape index (κ3) is 4.61. The molecule has 2 heterocycles. The van der Waals surface area contributed by atoms with Crippen LogP contribution in [0.3, 0.4) is 0 Å². The number of hydrogen-bond acceptors (Lipinski definition) is 5. The molecule has 0 spiro atoms. The van der Waals surface area contributed by atoms with Crippen molar-refractivity contribution in [1.29, 1.82) is 0 Å². The minimum absolute atomic E-state index is 0.0990. The van der Waals surface area contributed by atoms with Gasteiger partial charge in [0.1, 0.15) is 5.82 Å². The van der Waals surface area contributed by atoms with E-state index in [-0.39, 0.29) is 17.5 Å². The molecule has 0 atom stereocenters. The van der Waals surface area contributed by atoms with Gasteiger partial charge >= 0.3 is 0 Å². The van der Waals surface area contributed by atoms with Crippen molar-refractivity contribution >= 4 is 23.1 Å². The summed E-state index contributed by atoms with van der Waals surface area (Å²) in [5, 5.41) is 6.33. The molecule has 27 heavy (non-hydrogen) atoms. The lowest BCUT2D eigenvalue weighted by Gasteiger charge is -2.11. The van der Waals surface area contributed by atoms with Gasteiger partial charge in [-0.25, -0.2) is 18.7 Å². The van der Waals surface area contributed by atoms with Crippen LogP contribution in [0.4, 0.5) is 14.6 Å². The van der Waals surface area contributed by atoms with E-state index in [0.29, 0.717) is 33.5 Å². The number of thiazole rings is 1. The second-order valence-electron chi connectivity index (χ2n) is 6.77. The molecule has 1 aliphatic rings. The fourth-order valence-electron chi connectivity index (χ4n) is 3.25. The van der Waals surface area contributed by atoms with Crippen molar-refractivity contribution < 1.29 is 13.6 Å². The van der Waals surface area contributed by atoms with E-state index in [0.717, 1.165) is 43.4 Å². The van der Waals surface area contributed by atoms with E-state index in [1.54, 1.807) is 6.92 Å². The molecule has 1 amide bonds. The molecule has 5 nitrogen and oxygen atoms in total. The van der Waals surface area contributed by atoms with Crippen LogP contribution in [0.15, 0.2) is 12.3 Å². The van der Waals surface area contributed by atoms with Crippen LogP contribution in [0.25, 0.3) is 10.4 Å². The van der Waals surface area contributed by atoms with Crippen molar-refractivity contribution in [3.8, 4) is 10.4 Å². The van der Waals surface area contributed by atoms with E-state index in [1.807, 2.05) is 6.92 Å². The van der Waals surface area contributed by atoms with E-state index in [4.69, 9.17) is 0 Å². The summed E-state index contributed by atoms with van der Waals surface area (Å²) < 4.78 is 27.3. The van der Waals surface area contributed by atoms with Gasteiger partial charge in [0.25, 0.3) is 12.3 Å². The molecule has 0 saturated heterocycles. The van der Waals surface area contributed by atoms with E-state index in [1.165, 1.54) is 12.3 Å². The average molecular weight is 394 g/mol. The van der Waals surface area contributed by atoms with Gasteiger partial charge in [0.05, 0.1) is 10.6 Å². The molecule has 2 N–H and O–H groups in total. The van der Waals surface area contributed by atoms with Crippen molar-refractivity contribution in [2.75, 3.05) is 11.9 Å². The monoisotopic (exact) mass is 394 g/mol. The van der Waals surface area contributed by atoms with Gasteiger partial charge in [0.15, 0.2) is 5.01 Å². The Morgan fingerprint density at radius 3 is 2.78 bits per heavy atom. The number of nitrogens with zero attached hydrogens (tertiary/aromatic N) is 2. The Labute approximate surface area is 161 Å². The quantitative estimate of drug-likeness (QED) is 0.698. The molecule has 0 aromatic carbocycles. The first-order valence-electron chi connectivity index (χ1n) is 9.30. The molecular weight excluding hydrogens is 370 g/mol. The maximum Gasteiger partial charge on any atom is 0.280 e. The molecule has 1 aliphatic carbocycles. The van der Waals surface area contributed by atoms with Crippen LogP contribution >= 0.6 is 11.3 Å². The maximum absolute atomic E-state index is 13.6. The lowest BCUT2D eigenvalue weighted by atomic mass is 10.1. The van der Waals surface area contributed by atoms with E-state index in [9.17, 15) is 13.6 Å². The largest absolute Gasteiger partial charge is 0.370 e. The third-order valence-corrected chi connectivity index (χ3v) is 5.84. The Morgan fingerprint density at radius 1 is 1.37 bits per heavy atom. The molecule has 146 valence electrons. The third-order valence-electron chi connectivity index (χ3n) is 4.65. The van der Waals surface area contributed by atoms with Crippen LogP contribution < -0.4 is 10.6 Å². The zero-order chi connectivity index (χ0) is 19.4. The van der Waals surface area contributed by atoms with Crippen LogP contribution in [0.1, 0.15) is 66.5 Å². The first-order chi connectivity index (χ1) is 13.0. The predicted octanol–water partition coefficient (Wildman–Crippen LogP) is 4.95. The molecule has 2 aromatic rings. The summed E-state index contributed by atoms with van der Waals surface area (Å²) >= 11 is 1.14. The lowest BCUT2D eigenvalue weighted by Crippen LogP contribution is -2.32. The summed E-state index contributed by atoms with van der Waals surface area (Å²) in [6, 6.07) is 1.57. The first-order valence-corrected chi connectivity index (χ1v) is 10.1. The first kappa shape index (κ1) is 19.7. The zero-order valence-electron chi connectivity index (χ0n) is 15.5. The van der Waals surface area contributed by atoms with Crippen molar-refractivity contribution in [1.82, 2.24) is 15.3 Å². The Hall–Kier alpha value is -2.09. The summed E-state index contributed by atoms with van der Waals surface area (Å²) in [6.07, 6.45) is 3.88. The van der Waals surface area contributed by atoms with Crippen LogP contribution in [0, 0.1) is 6.92 Å². The fourth-order valence-corrected chi connectivity index (χ4v) is 4.25. The van der Waals surface area contributed by atoms with Gasteiger partial charge in [-0.1, -0.05) is 19.8 Å². The number of amides is 1. The number of pyridine rings is 1. The second kappa shape index (κ2) is 8.73. The van der Waals surface area contributed by atoms with Gasteiger partial charge in [-0.3, -0.25) is 4.79 Å². The standard InChI is InChI=1S/C19H24F2N4OS/c1-3-8-22-15-9-13(17(20)21)14(10-23-15)16-11(2)24-19(27-16)18(26)25-12-6-4-5-7-12/h9-10,12,17H,3-8H2,1-2H3,(H,22,23)(H,25,26). The molecular formula is C19H24F2N4OS. The van der Waals surface area contributed by atoms with Crippen LogP contribution in [0.5, 0.6) is 0 Å². The molecule has 3 rings (SSSR count). The highest BCUT2D eigenvalue weighted by Gasteiger charge is 2.24. The van der Waals surface area contributed by atoms with Gasteiger partial charge < -0.3 is 10.6 Å². The SMILES string of the molecule is CCCNc1cc(C(F)F)c(-c2sc(C(=O)NC3CCCC3)nc2C)cn1. The van der Waals surface area contributed by atoms with Gasteiger partial charge in [-0.05, 0) is 32.3 Å². The molecule has 0 bridgehead atoms. The van der Waals surface area contributed by atoms with Gasteiger partial charge in [0.2, 0.25) is 0 Å². The molecule has 0 unspecified atom stereocenters. The Bertz CT molecular complexity index is 803. The topological polar surface area (TPSA) is 66.9 Å². The van der Waals surface area contributed by atoms with Crippen LogP contribution in [-0.4, -0.2) is 28.5 Å². The maximum atomic E-state index is 13.6. The number of anilines is 1. The number of carbonyl (C=O) groups is 1. The number of rotatable bonds is 7. The number of nitrogens with one attached hydrogen (secondary N) is 2. The number of aryl methyl sites for hydroxylation is 1. The van der Waals surface area contributed by atoms with Gasteiger partial charge in [-0.15, -0.1) is 11.3 Å². The molecule has 2 aromatic heterocycles. The molecule has 1 fully saturated rings. The van der Waals surface area contributed by atoms with Crippen molar-refractivity contribution in [3.63, 3.8) is 0 Å². The van der Waals surface area contributed by atoms with Crippen LogP contribution in [0.2, 0.25) is 0 Å². The van der Waals surface area contributed by atoms with Crippen molar-refractivity contribution in [2.45, 2.75) is 58.4 Å². The normalized spacial score (nSPS) is 14.7. The fraction of sp³-hybridized carbons (Fsp3) is 0.526. The molecule has 1 saturated carbocycles. The number of carbonyl (C=O) groups excluding carboxylic acids is 1. The predicted molar refractivity (Wildman–Crippen MR) is 104 cm³/mol. The minimum atomic E-state index is -2.64. The highest BCUT2D eigenvalue weighted by Crippen LogP contribution is 2.37. The summed E-state index contributed by atoms with van der Waals surface area (Å²) in [5.74, 6) is 0.200. The van der Waals surface area contributed by atoms with Crippen LogP contribution in [-0.2, 0) is 0 Å². The van der Waals surface area contributed by atoms with E-state index < -0.39 is 6.43 Å². The Morgan fingerprint density at radius 2 is 2.11 bits per heavy atom. The minimum Gasteiger partial charge on any atom is -0.370 e. The highest BCUT2D eigenvalue weighted by molar-refractivity contribution is 7.17. The number of alkyl halides is 2. The summed E-state index contributed by atoms with van der Waals surface area (Å²) in [6.45, 7) is 4.39. The zero-order valence-corrected chi connectivity index (χ0v) is 16.3. The number of halogens is 2. The summed E-state index contributed by atoms with van der Waals surface area (Å²) in [7, 11) is 0. The second-order valence-corrected chi connectivity index (χ2v) is 7.77. The van der Waals surface area contributed by atoms with Crippen molar-refractivity contribution in [2.24, 2.45) is 0 Å². The number of aromatic nitrogens is 2. The summed E-state index contributed by atoms with van der Waals surface area (Å²) in [5.41, 5.74) is 0.801. The highest BCUT2D eigenvalue weighted by atomic mass is 32.1. The molecule has 8 heteroatoms. The van der Waals surface area contributed by atoms with Gasteiger partial charge in [-0.2, -0.15) is 0 Å². The van der Waals surface area contributed by atoms with E-state index in [2.05, 4.69) is 20.6 Å².